The molecule has 1 aromatic carbocycles. The third kappa shape index (κ3) is 5.98. The van der Waals surface area contributed by atoms with E-state index < -0.39 is 34.2 Å². The summed E-state index contributed by atoms with van der Waals surface area (Å²) in [6, 6.07) is 4.61. The smallest absolute Gasteiger partial charge is 0.344 e. The number of hydrogen-bond donors (Lipinski definition) is 0. The van der Waals surface area contributed by atoms with E-state index in [1.165, 1.54) is 10.4 Å². The molecule has 2 heterocycles. The zero-order chi connectivity index (χ0) is 22.6. The number of sulfonamides is 1. The fourth-order valence-electron chi connectivity index (χ4n) is 3.90. The SMILES string of the molecule is CC(C)(C)OC(=O)COC(=O)c1cc(S(=O)(=O)N2CCCCC2)ccc1N1CCCC1. The van der Waals surface area contributed by atoms with Gasteiger partial charge in [-0.25, -0.2) is 18.0 Å². The summed E-state index contributed by atoms with van der Waals surface area (Å²) in [6.07, 6.45) is 4.67. The highest BCUT2D eigenvalue weighted by Crippen LogP contribution is 2.30. The van der Waals surface area contributed by atoms with Gasteiger partial charge in [-0.05, 0) is 64.7 Å². The van der Waals surface area contributed by atoms with Gasteiger partial charge < -0.3 is 14.4 Å². The molecule has 0 aromatic heterocycles. The minimum Gasteiger partial charge on any atom is -0.457 e. The fraction of sp³-hybridized carbons (Fsp3) is 0.636. The normalized spacial score (nSPS) is 18.1. The number of hydrogen-bond acceptors (Lipinski definition) is 7. The first-order valence-electron chi connectivity index (χ1n) is 10.9. The summed E-state index contributed by atoms with van der Waals surface area (Å²) in [5.41, 5.74) is 0.0972. The minimum atomic E-state index is -3.70. The van der Waals surface area contributed by atoms with Gasteiger partial charge in [-0.15, -0.1) is 0 Å². The fourth-order valence-corrected chi connectivity index (χ4v) is 5.44. The number of piperidine rings is 1. The molecule has 1 aromatic rings. The number of ether oxygens (including phenoxy) is 2. The van der Waals surface area contributed by atoms with Crippen molar-refractivity contribution in [2.75, 3.05) is 37.7 Å². The summed E-state index contributed by atoms with van der Waals surface area (Å²) in [5, 5.41) is 0. The topological polar surface area (TPSA) is 93.2 Å². The van der Waals surface area contributed by atoms with E-state index in [1.807, 2.05) is 4.90 Å². The molecule has 0 saturated carbocycles. The maximum absolute atomic E-state index is 13.1. The largest absolute Gasteiger partial charge is 0.457 e. The van der Waals surface area contributed by atoms with Crippen molar-refractivity contribution < 1.29 is 27.5 Å². The minimum absolute atomic E-state index is 0.0709. The average Bonchev–Trinajstić information content (AvgIpc) is 3.25. The molecule has 3 rings (SSSR count). The third-order valence-electron chi connectivity index (χ3n) is 5.33. The zero-order valence-electron chi connectivity index (χ0n) is 18.6. The Bertz CT molecular complexity index is 910. The van der Waals surface area contributed by atoms with E-state index in [2.05, 4.69) is 0 Å². The number of rotatable bonds is 6. The molecule has 9 heteroatoms. The quantitative estimate of drug-likeness (QED) is 0.613. The van der Waals surface area contributed by atoms with Gasteiger partial charge in [0.1, 0.15) is 5.60 Å². The van der Waals surface area contributed by atoms with E-state index in [0.29, 0.717) is 18.8 Å². The Morgan fingerprint density at radius 3 is 2.19 bits per heavy atom. The maximum Gasteiger partial charge on any atom is 0.344 e. The molecule has 0 N–H and O–H groups in total. The van der Waals surface area contributed by atoms with Crippen molar-refractivity contribution in [3.05, 3.63) is 23.8 Å². The standard InChI is InChI=1S/C22H32N2O6S/c1-22(2,3)30-20(25)16-29-21(26)18-15-17(9-10-19(18)23-11-7-8-12-23)31(27,28)24-13-5-4-6-14-24/h9-10,15H,4-8,11-14,16H2,1-3H3. The number of carbonyl (C=O) groups is 2. The molecule has 0 amide bonds. The molecule has 2 fully saturated rings. The zero-order valence-corrected chi connectivity index (χ0v) is 19.4. The average molecular weight is 453 g/mol. The van der Waals surface area contributed by atoms with Crippen LogP contribution in [0.25, 0.3) is 0 Å². The van der Waals surface area contributed by atoms with E-state index in [4.69, 9.17) is 9.47 Å². The van der Waals surface area contributed by atoms with Crippen LogP contribution in [0.4, 0.5) is 5.69 Å². The molecule has 0 atom stereocenters. The lowest BCUT2D eigenvalue weighted by atomic mass is 10.1. The molecule has 2 aliphatic heterocycles. The number of nitrogens with zero attached hydrogens (tertiary/aromatic N) is 2. The van der Waals surface area contributed by atoms with Crippen molar-refractivity contribution >= 4 is 27.6 Å². The van der Waals surface area contributed by atoms with Crippen molar-refractivity contribution in [3.8, 4) is 0 Å². The molecule has 2 saturated heterocycles. The molecular weight excluding hydrogens is 420 g/mol. The Morgan fingerprint density at radius 2 is 1.58 bits per heavy atom. The third-order valence-corrected chi connectivity index (χ3v) is 7.22. The molecule has 0 radical (unpaired) electrons. The first kappa shape index (κ1) is 23.5. The second-order valence-corrected chi connectivity index (χ2v) is 10.9. The summed E-state index contributed by atoms with van der Waals surface area (Å²) in [6.45, 7) is 7.18. The highest BCUT2D eigenvalue weighted by atomic mass is 32.2. The Kier molecular flexibility index (Phi) is 7.26. The molecule has 0 spiro atoms. The Hall–Kier alpha value is -2.13. The van der Waals surface area contributed by atoms with Gasteiger partial charge in [0, 0.05) is 26.2 Å². The van der Waals surface area contributed by atoms with Crippen molar-refractivity contribution in [2.24, 2.45) is 0 Å². The number of esters is 2. The monoisotopic (exact) mass is 452 g/mol. The highest BCUT2D eigenvalue weighted by Gasteiger charge is 2.29. The van der Waals surface area contributed by atoms with Gasteiger partial charge in [0.2, 0.25) is 10.0 Å². The predicted molar refractivity (Wildman–Crippen MR) is 117 cm³/mol. The van der Waals surface area contributed by atoms with Crippen LogP contribution >= 0.6 is 0 Å². The highest BCUT2D eigenvalue weighted by molar-refractivity contribution is 7.89. The van der Waals surface area contributed by atoms with Crippen LogP contribution in [-0.2, 0) is 24.3 Å². The van der Waals surface area contributed by atoms with Gasteiger partial charge in [-0.2, -0.15) is 4.31 Å². The number of benzene rings is 1. The van der Waals surface area contributed by atoms with E-state index in [0.717, 1.165) is 45.2 Å². The van der Waals surface area contributed by atoms with Crippen LogP contribution in [0, 0.1) is 0 Å². The van der Waals surface area contributed by atoms with Crippen LogP contribution in [0.3, 0.4) is 0 Å². The van der Waals surface area contributed by atoms with Crippen LogP contribution in [0.5, 0.6) is 0 Å². The summed E-state index contributed by atoms with van der Waals surface area (Å²) >= 11 is 0. The van der Waals surface area contributed by atoms with Crippen molar-refractivity contribution in [3.63, 3.8) is 0 Å². The maximum atomic E-state index is 13.1. The molecule has 0 unspecified atom stereocenters. The Balaban J connectivity index is 1.85. The second kappa shape index (κ2) is 9.56. The van der Waals surface area contributed by atoms with Gasteiger partial charge in [-0.3, -0.25) is 0 Å². The first-order valence-corrected chi connectivity index (χ1v) is 12.3. The first-order chi connectivity index (χ1) is 14.6. The van der Waals surface area contributed by atoms with E-state index >= 15 is 0 Å². The summed E-state index contributed by atoms with van der Waals surface area (Å²) in [5.74, 6) is -1.39. The summed E-state index contributed by atoms with van der Waals surface area (Å²) in [7, 11) is -3.70. The second-order valence-electron chi connectivity index (χ2n) is 9.00. The number of anilines is 1. The number of carbonyl (C=O) groups excluding carboxylic acids is 2. The van der Waals surface area contributed by atoms with Gasteiger partial charge in [0.15, 0.2) is 6.61 Å². The summed E-state index contributed by atoms with van der Waals surface area (Å²) in [4.78, 5) is 27.0. The van der Waals surface area contributed by atoms with Crippen LogP contribution in [0.15, 0.2) is 23.1 Å². The molecule has 8 nitrogen and oxygen atoms in total. The predicted octanol–water partition coefficient (Wildman–Crippen LogP) is 2.96. The van der Waals surface area contributed by atoms with Crippen LogP contribution in [0.2, 0.25) is 0 Å². The van der Waals surface area contributed by atoms with Crippen molar-refractivity contribution in [2.45, 2.75) is 63.4 Å². The lowest BCUT2D eigenvalue weighted by molar-refractivity contribution is -0.158. The lowest BCUT2D eigenvalue weighted by Gasteiger charge is -2.27. The summed E-state index contributed by atoms with van der Waals surface area (Å²) < 4.78 is 38.1. The molecule has 2 aliphatic rings. The van der Waals surface area contributed by atoms with E-state index in [-0.39, 0.29) is 10.5 Å². The lowest BCUT2D eigenvalue weighted by Crippen LogP contribution is -2.35. The van der Waals surface area contributed by atoms with Gasteiger partial charge in [0.05, 0.1) is 16.1 Å². The molecule has 0 bridgehead atoms. The van der Waals surface area contributed by atoms with Crippen LogP contribution in [-0.4, -0.2) is 63.0 Å². The van der Waals surface area contributed by atoms with E-state index in [9.17, 15) is 18.0 Å². The van der Waals surface area contributed by atoms with Gasteiger partial charge in [-0.1, -0.05) is 6.42 Å². The van der Waals surface area contributed by atoms with Crippen molar-refractivity contribution in [1.29, 1.82) is 0 Å². The molecule has 0 aliphatic carbocycles. The van der Waals surface area contributed by atoms with Gasteiger partial charge >= 0.3 is 11.9 Å². The van der Waals surface area contributed by atoms with E-state index in [1.54, 1.807) is 32.9 Å². The van der Waals surface area contributed by atoms with Crippen LogP contribution in [0.1, 0.15) is 63.2 Å². The van der Waals surface area contributed by atoms with Gasteiger partial charge in [0.25, 0.3) is 0 Å². The van der Waals surface area contributed by atoms with Crippen LogP contribution < -0.4 is 4.90 Å². The Morgan fingerprint density at radius 1 is 0.968 bits per heavy atom. The molecular formula is C22H32N2O6S. The van der Waals surface area contributed by atoms with Crippen molar-refractivity contribution in [1.82, 2.24) is 4.31 Å². The molecule has 172 valence electrons. The Labute approximate surface area is 184 Å². The molecule has 31 heavy (non-hydrogen) atoms.